The predicted molar refractivity (Wildman–Crippen MR) is 86.2 cm³/mol. The van der Waals surface area contributed by atoms with E-state index in [9.17, 15) is 4.79 Å². The van der Waals surface area contributed by atoms with Gasteiger partial charge >= 0.3 is 6.03 Å². The number of hydrogen-bond donors (Lipinski definition) is 2. The first-order valence-electron chi connectivity index (χ1n) is 6.34. The van der Waals surface area contributed by atoms with E-state index in [-0.39, 0.29) is 12.1 Å². The van der Waals surface area contributed by atoms with E-state index in [0.717, 1.165) is 21.3 Å². The Kier molecular flexibility index (Phi) is 5.14. The second-order valence-corrected chi connectivity index (χ2v) is 6.54. The highest BCUT2D eigenvalue weighted by Gasteiger charge is 2.13. The summed E-state index contributed by atoms with van der Waals surface area (Å²) in [6.07, 6.45) is 2.57. The molecule has 0 aliphatic rings. The number of thiazole rings is 1. The van der Waals surface area contributed by atoms with Crippen molar-refractivity contribution in [2.24, 2.45) is 0 Å². The van der Waals surface area contributed by atoms with E-state index in [0.29, 0.717) is 5.13 Å². The molecule has 2 aromatic rings. The van der Waals surface area contributed by atoms with Crippen LogP contribution in [-0.2, 0) is 0 Å². The van der Waals surface area contributed by atoms with Gasteiger partial charge in [-0.2, -0.15) is 0 Å². The van der Waals surface area contributed by atoms with Crippen molar-refractivity contribution in [3.05, 3.63) is 45.4 Å². The molecule has 2 N–H and O–H groups in total. The Hall–Kier alpha value is -1.40. The molecule has 106 valence electrons. The number of hydrogen-bond acceptors (Lipinski definition) is 3. The van der Waals surface area contributed by atoms with Gasteiger partial charge in [0.25, 0.3) is 0 Å². The summed E-state index contributed by atoms with van der Waals surface area (Å²) in [7, 11) is 0. The quantitative estimate of drug-likeness (QED) is 0.850. The summed E-state index contributed by atoms with van der Waals surface area (Å²) in [5.74, 6) is 0. The highest BCUT2D eigenvalue weighted by atomic mass is 79.9. The minimum atomic E-state index is -0.228. The molecule has 0 fully saturated rings. The van der Waals surface area contributed by atoms with Gasteiger partial charge in [0.2, 0.25) is 0 Å². The number of aromatic nitrogens is 1. The maximum Gasteiger partial charge on any atom is 0.321 e. The maximum atomic E-state index is 12.0. The lowest BCUT2D eigenvalue weighted by Gasteiger charge is -2.17. The van der Waals surface area contributed by atoms with Gasteiger partial charge in [-0.1, -0.05) is 35.0 Å². The molecule has 4 nitrogen and oxygen atoms in total. The Bertz CT molecular complexity index is 582. The Morgan fingerprint density at radius 1 is 1.40 bits per heavy atom. The van der Waals surface area contributed by atoms with Crippen LogP contribution in [0.3, 0.4) is 0 Å². The fourth-order valence-corrected chi connectivity index (χ4v) is 2.74. The first-order valence-corrected chi connectivity index (χ1v) is 7.95. The van der Waals surface area contributed by atoms with Crippen LogP contribution in [0.15, 0.2) is 34.9 Å². The van der Waals surface area contributed by atoms with Crippen LogP contribution in [0, 0.1) is 6.92 Å². The number of rotatable bonds is 4. The zero-order valence-corrected chi connectivity index (χ0v) is 13.7. The zero-order valence-electron chi connectivity index (χ0n) is 11.3. The van der Waals surface area contributed by atoms with Crippen LogP contribution in [0.4, 0.5) is 9.93 Å². The van der Waals surface area contributed by atoms with Crippen LogP contribution in [0.1, 0.15) is 29.8 Å². The second-order valence-electron chi connectivity index (χ2n) is 4.39. The molecule has 2 amide bonds. The van der Waals surface area contributed by atoms with Gasteiger partial charge in [0, 0.05) is 15.5 Å². The molecule has 0 aliphatic heterocycles. The van der Waals surface area contributed by atoms with Crippen LogP contribution < -0.4 is 10.6 Å². The number of benzene rings is 1. The normalized spacial score (nSPS) is 11.9. The number of urea groups is 1. The minimum Gasteiger partial charge on any atom is -0.331 e. The van der Waals surface area contributed by atoms with Gasteiger partial charge in [-0.3, -0.25) is 5.32 Å². The van der Waals surface area contributed by atoms with Crippen molar-refractivity contribution in [2.75, 3.05) is 5.32 Å². The van der Waals surface area contributed by atoms with Crippen LogP contribution >= 0.6 is 27.3 Å². The molecule has 0 saturated carbocycles. The van der Waals surface area contributed by atoms with Gasteiger partial charge in [-0.15, -0.1) is 11.3 Å². The molecule has 1 aromatic carbocycles. The summed E-state index contributed by atoms with van der Waals surface area (Å²) >= 11 is 4.87. The summed E-state index contributed by atoms with van der Waals surface area (Å²) in [6.45, 7) is 4.00. The summed E-state index contributed by atoms with van der Waals surface area (Å²) in [4.78, 5) is 17.1. The molecule has 0 radical (unpaired) electrons. The fraction of sp³-hybridized carbons (Fsp3) is 0.286. The lowest BCUT2D eigenvalue weighted by molar-refractivity contribution is 0.248. The van der Waals surface area contributed by atoms with Crippen molar-refractivity contribution < 1.29 is 4.79 Å². The Morgan fingerprint density at radius 2 is 2.10 bits per heavy atom. The lowest BCUT2D eigenvalue weighted by Crippen LogP contribution is -2.32. The van der Waals surface area contributed by atoms with E-state index in [1.165, 1.54) is 11.3 Å². The topological polar surface area (TPSA) is 54.0 Å². The summed E-state index contributed by atoms with van der Waals surface area (Å²) in [5.41, 5.74) is 1.08. The third-order valence-electron chi connectivity index (χ3n) is 2.83. The molecule has 1 aromatic heterocycles. The van der Waals surface area contributed by atoms with Crippen molar-refractivity contribution in [1.82, 2.24) is 10.3 Å². The number of nitrogens with one attached hydrogen (secondary N) is 2. The molecule has 0 bridgehead atoms. The first kappa shape index (κ1) is 15.0. The number of carbonyl (C=O) groups excluding carboxylic acids is 1. The monoisotopic (exact) mass is 353 g/mol. The second kappa shape index (κ2) is 6.85. The number of carbonyl (C=O) groups is 1. The minimum absolute atomic E-state index is 0.0100. The van der Waals surface area contributed by atoms with Gasteiger partial charge in [-0.25, -0.2) is 9.78 Å². The number of anilines is 1. The predicted octanol–water partition coefficient (Wildman–Crippen LogP) is 4.49. The molecule has 20 heavy (non-hydrogen) atoms. The van der Waals surface area contributed by atoms with E-state index in [1.54, 1.807) is 6.20 Å². The molecule has 0 spiro atoms. The third-order valence-corrected chi connectivity index (χ3v) is 4.18. The SMILES string of the molecule is CCC(NC(=O)Nc1ncc(C)s1)c1ccc(Br)cc1. The molecule has 0 aliphatic carbocycles. The van der Waals surface area contributed by atoms with Crippen molar-refractivity contribution in [3.63, 3.8) is 0 Å². The molecule has 2 rings (SSSR count). The first-order chi connectivity index (χ1) is 9.58. The number of halogens is 1. The van der Waals surface area contributed by atoms with Crippen LogP contribution in [0.5, 0.6) is 0 Å². The molecular weight excluding hydrogens is 338 g/mol. The number of aryl methyl sites for hydroxylation is 1. The van der Waals surface area contributed by atoms with Gasteiger partial charge in [-0.05, 0) is 31.0 Å². The third kappa shape index (κ3) is 4.05. The van der Waals surface area contributed by atoms with Crippen LogP contribution in [0.25, 0.3) is 0 Å². The molecular formula is C14H16BrN3OS. The van der Waals surface area contributed by atoms with E-state index in [1.807, 2.05) is 38.1 Å². The highest BCUT2D eigenvalue weighted by Crippen LogP contribution is 2.20. The fourth-order valence-electron chi connectivity index (χ4n) is 1.82. The van der Waals surface area contributed by atoms with Gasteiger partial charge in [0.1, 0.15) is 0 Å². The van der Waals surface area contributed by atoms with Crippen LogP contribution in [-0.4, -0.2) is 11.0 Å². The molecule has 1 heterocycles. The Labute approximate surface area is 130 Å². The molecule has 0 saturated heterocycles. The van der Waals surface area contributed by atoms with Crippen LogP contribution in [0.2, 0.25) is 0 Å². The van der Waals surface area contributed by atoms with Crippen molar-refractivity contribution in [3.8, 4) is 0 Å². The lowest BCUT2D eigenvalue weighted by atomic mass is 10.1. The molecule has 1 unspecified atom stereocenters. The van der Waals surface area contributed by atoms with Crippen molar-refractivity contribution in [2.45, 2.75) is 26.3 Å². The molecule has 6 heteroatoms. The smallest absolute Gasteiger partial charge is 0.321 e. The average Bonchev–Trinajstić information content (AvgIpc) is 2.82. The zero-order chi connectivity index (χ0) is 14.5. The summed E-state index contributed by atoms with van der Waals surface area (Å²) in [6, 6.07) is 7.72. The van der Waals surface area contributed by atoms with Crippen molar-refractivity contribution in [1.29, 1.82) is 0 Å². The molecule has 1 atom stereocenters. The summed E-state index contributed by atoms with van der Waals surface area (Å²) < 4.78 is 1.03. The summed E-state index contributed by atoms with van der Waals surface area (Å²) in [5, 5.41) is 6.33. The van der Waals surface area contributed by atoms with E-state index >= 15 is 0 Å². The maximum absolute atomic E-state index is 12.0. The van der Waals surface area contributed by atoms with E-state index in [2.05, 4.69) is 31.5 Å². The Morgan fingerprint density at radius 3 is 2.65 bits per heavy atom. The largest absolute Gasteiger partial charge is 0.331 e. The van der Waals surface area contributed by atoms with E-state index < -0.39 is 0 Å². The standard InChI is InChI=1S/C14H16BrN3OS/c1-3-12(10-4-6-11(15)7-5-10)17-13(19)18-14-16-8-9(2)20-14/h4-8,12H,3H2,1-2H3,(H2,16,17,18,19). The van der Waals surface area contributed by atoms with Gasteiger partial charge in [0.05, 0.1) is 6.04 Å². The van der Waals surface area contributed by atoms with Gasteiger partial charge < -0.3 is 5.32 Å². The number of nitrogens with zero attached hydrogens (tertiary/aromatic N) is 1. The van der Waals surface area contributed by atoms with Gasteiger partial charge in [0.15, 0.2) is 5.13 Å². The highest BCUT2D eigenvalue weighted by molar-refractivity contribution is 9.10. The Balaban J connectivity index is 1.99. The van der Waals surface area contributed by atoms with E-state index in [4.69, 9.17) is 0 Å². The average molecular weight is 354 g/mol. The van der Waals surface area contributed by atoms with Crippen molar-refractivity contribution >= 4 is 38.4 Å². The number of amides is 2.